The Labute approximate surface area is 150 Å². The maximum Gasteiger partial charge on any atom is 0.321 e. The number of rotatable bonds is 3. The molecule has 0 radical (unpaired) electrons. The third-order valence-corrected chi connectivity index (χ3v) is 5.34. The first kappa shape index (κ1) is 17.8. The molecule has 0 aromatic heterocycles. The van der Waals surface area contributed by atoms with Crippen LogP contribution < -0.4 is 5.32 Å². The van der Waals surface area contributed by atoms with Crippen molar-refractivity contribution in [3.8, 4) is 0 Å². The summed E-state index contributed by atoms with van der Waals surface area (Å²) >= 11 is 0. The summed E-state index contributed by atoms with van der Waals surface area (Å²) in [6.45, 7) is 5.33. The number of anilines is 1. The van der Waals surface area contributed by atoms with Gasteiger partial charge in [0.2, 0.25) is 5.91 Å². The molecule has 2 heterocycles. The van der Waals surface area contributed by atoms with Gasteiger partial charge in [0.05, 0.1) is 0 Å². The second-order valence-corrected chi connectivity index (χ2v) is 7.38. The fraction of sp³-hybridized carbons (Fsp3) is 0.600. The first-order chi connectivity index (χ1) is 12.1. The molecule has 0 aliphatic carbocycles. The molecule has 0 bridgehead atoms. The number of hydrogen-bond donors (Lipinski definition) is 1. The average molecular weight is 343 g/mol. The van der Waals surface area contributed by atoms with E-state index in [9.17, 15) is 9.59 Å². The molecule has 3 rings (SSSR count). The topological polar surface area (TPSA) is 52.7 Å². The Balaban J connectivity index is 1.43. The van der Waals surface area contributed by atoms with E-state index in [0.29, 0.717) is 18.2 Å². The number of carbonyl (C=O) groups is 2. The Bertz CT molecular complexity index is 603. The van der Waals surface area contributed by atoms with Crippen LogP contribution in [-0.4, -0.2) is 47.9 Å². The SMILES string of the molecule is Cc1cccc(NC(=O)N2CCC(CC(=O)N3CCCCC3)CC2)c1. The Kier molecular flexibility index (Phi) is 5.95. The minimum atomic E-state index is -0.0357. The van der Waals surface area contributed by atoms with E-state index in [1.165, 1.54) is 6.42 Å². The second kappa shape index (κ2) is 8.37. The molecule has 2 aliphatic heterocycles. The lowest BCUT2D eigenvalue weighted by Gasteiger charge is -2.33. The van der Waals surface area contributed by atoms with Crippen LogP contribution in [0, 0.1) is 12.8 Å². The van der Waals surface area contributed by atoms with Gasteiger partial charge in [-0.05, 0) is 62.6 Å². The Morgan fingerprint density at radius 3 is 2.44 bits per heavy atom. The monoisotopic (exact) mass is 343 g/mol. The highest BCUT2D eigenvalue weighted by atomic mass is 16.2. The van der Waals surface area contributed by atoms with E-state index in [0.717, 1.165) is 63.1 Å². The largest absolute Gasteiger partial charge is 0.343 e. The Hall–Kier alpha value is -2.04. The average Bonchev–Trinajstić information content (AvgIpc) is 2.63. The van der Waals surface area contributed by atoms with E-state index in [4.69, 9.17) is 0 Å². The van der Waals surface area contributed by atoms with Crippen molar-refractivity contribution in [2.24, 2.45) is 5.92 Å². The number of nitrogens with one attached hydrogen (secondary N) is 1. The summed E-state index contributed by atoms with van der Waals surface area (Å²) in [5.41, 5.74) is 1.97. The van der Waals surface area contributed by atoms with E-state index >= 15 is 0 Å². The van der Waals surface area contributed by atoms with E-state index in [1.54, 1.807) is 0 Å². The number of piperidine rings is 2. The summed E-state index contributed by atoms with van der Waals surface area (Å²) in [6.07, 6.45) is 6.01. The maximum absolute atomic E-state index is 12.4. The predicted octanol–water partition coefficient (Wildman–Crippen LogP) is 3.64. The van der Waals surface area contributed by atoms with Crippen molar-refractivity contribution in [3.63, 3.8) is 0 Å². The predicted molar refractivity (Wildman–Crippen MR) is 99.5 cm³/mol. The zero-order valence-electron chi connectivity index (χ0n) is 15.2. The van der Waals surface area contributed by atoms with Gasteiger partial charge in [-0.15, -0.1) is 0 Å². The molecule has 0 atom stereocenters. The zero-order chi connectivity index (χ0) is 17.6. The molecule has 1 N–H and O–H groups in total. The van der Waals surface area contributed by atoms with E-state index < -0.39 is 0 Å². The van der Waals surface area contributed by atoms with Gasteiger partial charge in [0.25, 0.3) is 0 Å². The molecule has 5 heteroatoms. The third kappa shape index (κ3) is 4.97. The summed E-state index contributed by atoms with van der Waals surface area (Å²) in [5, 5.41) is 2.97. The van der Waals surface area contributed by atoms with E-state index in [2.05, 4.69) is 5.32 Å². The van der Waals surface area contributed by atoms with Crippen LogP contribution in [0.5, 0.6) is 0 Å². The molecule has 0 unspecified atom stereocenters. The van der Waals surface area contributed by atoms with Gasteiger partial charge < -0.3 is 15.1 Å². The quantitative estimate of drug-likeness (QED) is 0.911. The number of urea groups is 1. The van der Waals surface area contributed by atoms with E-state index in [1.807, 2.05) is 41.0 Å². The number of hydrogen-bond acceptors (Lipinski definition) is 2. The van der Waals surface area contributed by atoms with Crippen molar-refractivity contribution in [2.45, 2.75) is 45.4 Å². The number of nitrogens with zero attached hydrogens (tertiary/aromatic N) is 2. The van der Waals surface area contributed by atoms with Crippen LogP contribution in [-0.2, 0) is 4.79 Å². The highest BCUT2D eigenvalue weighted by Gasteiger charge is 2.26. The fourth-order valence-corrected chi connectivity index (χ4v) is 3.78. The van der Waals surface area contributed by atoms with Crippen LogP contribution in [0.3, 0.4) is 0 Å². The van der Waals surface area contributed by atoms with Gasteiger partial charge in [0.1, 0.15) is 0 Å². The minimum absolute atomic E-state index is 0.0357. The number of aryl methyl sites for hydroxylation is 1. The summed E-state index contributed by atoms with van der Waals surface area (Å²) in [4.78, 5) is 28.7. The van der Waals surface area contributed by atoms with Crippen LogP contribution in [0.2, 0.25) is 0 Å². The van der Waals surface area contributed by atoms with Gasteiger partial charge in [-0.2, -0.15) is 0 Å². The molecule has 136 valence electrons. The van der Waals surface area contributed by atoms with Gasteiger partial charge in [-0.1, -0.05) is 12.1 Å². The number of likely N-dealkylation sites (tertiary alicyclic amines) is 2. The first-order valence-corrected chi connectivity index (χ1v) is 9.52. The van der Waals surface area contributed by atoms with Gasteiger partial charge in [0.15, 0.2) is 0 Å². The molecule has 25 heavy (non-hydrogen) atoms. The lowest BCUT2D eigenvalue weighted by Crippen LogP contribution is -2.42. The zero-order valence-corrected chi connectivity index (χ0v) is 15.2. The van der Waals surface area contributed by atoms with Gasteiger partial charge in [0, 0.05) is 38.3 Å². The number of carbonyl (C=O) groups excluding carboxylic acids is 2. The van der Waals surface area contributed by atoms with Crippen molar-refractivity contribution in [3.05, 3.63) is 29.8 Å². The molecular formula is C20H29N3O2. The minimum Gasteiger partial charge on any atom is -0.343 e. The molecule has 2 saturated heterocycles. The summed E-state index contributed by atoms with van der Waals surface area (Å²) < 4.78 is 0. The van der Waals surface area contributed by atoms with Gasteiger partial charge >= 0.3 is 6.03 Å². The number of amides is 3. The molecule has 5 nitrogen and oxygen atoms in total. The van der Waals surface area contributed by atoms with Crippen LogP contribution in [0.25, 0.3) is 0 Å². The highest BCUT2D eigenvalue weighted by Crippen LogP contribution is 2.23. The normalized spacial score (nSPS) is 18.9. The second-order valence-electron chi connectivity index (χ2n) is 7.38. The molecule has 1 aromatic rings. The van der Waals surface area contributed by atoms with E-state index in [-0.39, 0.29) is 6.03 Å². The molecule has 2 aliphatic rings. The molecule has 0 spiro atoms. The molecular weight excluding hydrogens is 314 g/mol. The summed E-state index contributed by atoms with van der Waals surface area (Å²) in [5.74, 6) is 0.722. The first-order valence-electron chi connectivity index (χ1n) is 9.52. The molecule has 3 amide bonds. The summed E-state index contributed by atoms with van der Waals surface area (Å²) in [7, 11) is 0. The van der Waals surface area contributed by atoms with Crippen molar-refractivity contribution in [2.75, 3.05) is 31.5 Å². The lowest BCUT2D eigenvalue weighted by molar-refractivity contribution is -0.133. The third-order valence-electron chi connectivity index (χ3n) is 5.34. The molecule has 0 saturated carbocycles. The summed E-state index contributed by atoms with van der Waals surface area (Å²) in [6, 6.07) is 7.81. The highest BCUT2D eigenvalue weighted by molar-refractivity contribution is 5.89. The van der Waals surface area contributed by atoms with Crippen LogP contribution in [0.15, 0.2) is 24.3 Å². The standard InChI is InChI=1S/C20H29N3O2/c1-16-6-5-7-18(14-16)21-20(25)23-12-8-17(9-13-23)15-19(24)22-10-3-2-4-11-22/h5-7,14,17H,2-4,8-13,15H2,1H3,(H,21,25). The van der Waals surface area contributed by atoms with Crippen LogP contribution in [0.4, 0.5) is 10.5 Å². The smallest absolute Gasteiger partial charge is 0.321 e. The fourth-order valence-electron chi connectivity index (χ4n) is 3.78. The van der Waals surface area contributed by atoms with Crippen LogP contribution >= 0.6 is 0 Å². The Morgan fingerprint density at radius 1 is 1.04 bits per heavy atom. The van der Waals surface area contributed by atoms with Crippen LogP contribution in [0.1, 0.15) is 44.1 Å². The molecule has 2 fully saturated rings. The van der Waals surface area contributed by atoms with Crippen molar-refractivity contribution in [1.82, 2.24) is 9.80 Å². The van der Waals surface area contributed by atoms with Gasteiger partial charge in [-0.25, -0.2) is 4.79 Å². The van der Waals surface area contributed by atoms with Crippen molar-refractivity contribution < 1.29 is 9.59 Å². The Morgan fingerprint density at radius 2 is 1.76 bits per heavy atom. The molecule has 1 aromatic carbocycles. The van der Waals surface area contributed by atoms with Crippen molar-refractivity contribution in [1.29, 1.82) is 0 Å². The number of benzene rings is 1. The van der Waals surface area contributed by atoms with Crippen molar-refractivity contribution >= 4 is 17.6 Å². The maximum atomic E-state index is 12.4. The lowest BCUT2D eigenvalue weighted by atomic mass is 9.93. The van der Waals surface area contributed by atoms with Gasteiger partial charge in [-0.3, -0.25) is 4.79 Å².